The first kappa shape index (κ1) is 12.3. The Bertz CT molecular complexity index is 636. The van der Waals surface area contributed by atoms with Crippen LogP contribution in [0.1, 0.15) is 25.8 Å². The maximum absolute atomic E-state index is 12.1. The number of hydrogen-bond acceptors (Lipinski definition) is 3. The Hall–Kier alpha value is -1.75. The van der Waals surface area contributed by atoms with Crippen LogP contribution in [0.25, 0.3) is 11.0 Å². The molecule has 1 aromatic carbocycles. The average Bonchev–Trinajstić information content (AvgIpc) is 2.77. The highest BCUT2D eigenvalue weighted by molar-refractivity contribution is 5.81. The van der Waals surface area contributed by atoms with Crippen molar-refractivity contribution >= 4 is 11.0 Å². The Morgan fingerprint density at radius 2 is 2.11 bits per heavy atom. The van der Waals surface area contributed by atoms with Crippen LogP contribution in [0.5, 0.6) is 5.75 Å². The first-order valence-electron chi connectivity index (χ1n) is 6.85. The van der Waals surface area contributed by atoms with E-state index in [0.717, 1.165) is 38.0 Å². The molecule has 19 heavy (non-hydrogen) atoms. The summed E-state index contributed by atoms with van der Waals surface area (Å²) in [6.45, 7) is 5.28. The van der Waals surface area contributed by atoms with Gasteiger partial charge >= 0.3 is 5.69 Å². The van der Waals surface area contributed by atoms with Gasteiger partial charge in [0.1, 0.15) is 11.3 Å². The lowest BCUT2D eigenvalue weighted by Gasteiger charge is -2.31. The van der Waals surface area contributed by atoms with Crippen LogP contribution in [0.15, 0.2) is 23.0 Å². The fourth-order valence-electron chi connectivity index (χ4n) is 2.99. The molecular weight excluding hydrogens is 242 g/mol. The number of aromatic nitrogens is 2. The average molecular weight is 261 g/mol. The van der Waals surface area contributed by atoms with E-state index in [1.165, 1.54) is 0 Å². The van der Waals surface area contributed by atoms with Crippen LogP contribution in [0.3, 0.4) is 0 Å². The summed E-state index contributed by atoms with van der Waals surface area (Å²) in [6, 6.07) is 5.50. The van der Waals surface area contributed by atoms with Crippen LogP contribution in [-0.4, -0.2) is 39.2 Å². The molecule has 2 aromatic rings. The smallest absolute Gasteiger partial charge is 0.326 e. The Kier molecular flexibility index (Phi) is 3.06. The molecule has 1 saturated heterocycles. The number of H-pyrrole nitrogens is 1. The monoisotopic (exact) mass is 261 g/mol. The van der Waals surface area contributed by atoms with Crippen molar-refractivity contribution in [2.24, 2.45) is 0 Å². The van der Waals surface area contributed by atoms with Crippen molar-refractivity contribution in [1.29, 1.82) is 0 Å². The van der Waals surface area contributed by atoms with Crippen molar-refractivity contribution in [3.8, 4) is 5.75 Å². The van der Waals surface area contributed by atoms with Gasteiger partial charge in [-0.05, 0) is 31.5 Å². The summed E-state index contributed by atoms with van der Waals surface area (Å²) >= 11 is 0. The van der Waals surface area contributed by atoms with Gasteiger partial charge in [-0.2, -0.15) is 0 Å². The molecule has 0 bridgehead atoms. The number of rotatable bonds is 2. The van der Waals surface area contributed by atoms with Crippen molar-refractivity contribution in [2.75, 3.05) is 19.6 Å². The molecule has 0 amide bonds. The largest absolute Gasteiger partial charge is 0.506 e. The van der Waals surface area contributed by atoms with E-state index in [1.54, 1.807) is 12.1 Å². The van der Waals surface area contributed by atoms with E-state index in [1.807, 2.05) is 10.6 Å². The predicted octanol–water partition coefficient (Wildman–Crippen LogP) is 1.69. The summed E-state index contributed by atoms with van der Waals surface area (Å²) in [4.78, 5) is 17.3. The molecule has 0 radical (unpaired) electrons. The van der Waals surface area contributed by atoms with Gasteiger partial charge in [0.05, 0.1) is 5.52 Å². The molecule has 0 atom stereocenters. The normalized spacial score (nSPS) is 18.2. The third kappa shape index (κ3) is 2.04. The minimum atomic E-state index is -0.119. The summed E-state index contributed by atoms with van der Waals surface area (Å²) in [5.41, 5.74) is 1.23. The first-order valence-corrected chi connectivity index (χ1v) is 6.85. The maximum atomic E-state index is 12.1. The van der Waals surface area contributed by atoms with Gasteiger partial charge in [0.15, 0.2) is 0 Å². The molecule has 2 heterocycles. The molecular formula is C14H19N3O2. The van der Waals surface area contributed by atoms with Crippen LogP contribution in [0.4, 0.5) is 0 Å². The van der Waals surface area contributed by atoms with Crippen molar-refractivity contribution in [3.05, 3.63) is 28.7 Å². The second-order valence-corrected chi connectivity index (χ2v) is 5.14. The molecule has 5 nitrogen and oxygen atoms in total. The molecule has 0 aliphatic carbocycles. The fourth-order valence-corrected chi connectivity index (χ4v) is 2.99. The number of nitrogens with zero attached hydrogens (tertiary/aromatic N) is 2. The van der Waals surface area contributed by atoms with Crippen LogP contribution >= 0.6 is 0 Å². The second kappa shape index (κ2) is 4.74. The number of aromatic hydroxyl groups is 1. The lowest BCUT2D eigenvalue weighted by Crippen LogP contribution is -2.36. The molecule has 0 saturated carbocycles. The third-order valence-corrected chi connectivity index (χ3v) is 4.10. The molecule has 2 N–H and O–H groups in total. The number of hydrogen-bond donors (Lipinski definition) is 2. The number of phenols is 1. The highest BCUT2D eigenvalue weighted by atomic mass is 16.3. The highest BCUT2D eigenvalue weighted by Gasteiger charge is 2.23. The van der Waals surface area contributed by atoms with E-state index in [4.69, 9.17) is 0 Å². The van der Waals surface area contributed by atoms with Gasteiger partial charge in [-0.1, -0.05) is 13.0 Å². The Labute approximate surface area is 111 Å². The number of fused-ring (bicyclic) bond motifs is 1. The van der Waals surface area contributed by atoms with Gasteiger partial charge in [-0.15, -0.1) is 0 Å². The van der Waals surface area contributed by atoms with Crippen molar-refractivity contribution in [3.63, 3.8) is 0 Å². The topological polar surface area (TPSA) is 61.3 Å². The van der Waals surface area contributed by atoms with E-state index >= 15 is 0 Å². The summed E-state index contributed by atoms with van der Waals surface area (Å²) in [5, 5.41) is 9.80. The lowest BCUT2D eigenvalue weighted by molar-refractivity contribution is 0.195. The first-order chi connectivity index (χ1) is 9.20. The molecule has 1 fully saturated rings. The summed E-state index contributed by atoms with van der Waals surface area (Å²) in [5.74, 6) is 0.138. The van der Waals surface area contributed by atoms with Gasteiger partial charge in [0, 0.05) is 19.1 Å². The van der Waals surface area contributed by atoms with Crippen molar-refractivity contribution in [1.82, 2.24) is 14.5 Å². The van der Waals surface area contributed by atoms with Crippen molar-refractivity contribution in [2.45, 2.75) is 25.8 Å². The van der Waals surface area contributed by atoms with Crippen molar-refractivity contribution < 1.29 is 5.11 Å². The molecule has 5 heteroatoms. The van der Waals surface area contributed by atoms with E-state index in [2.05, 4.69) is 16.8 Å². The lowest BCUT2D eigenvalue weighted by atomic mass is 10.0. The van der Waals surface area contributed by atoms with Gasteiger partial charge in [-0.25, -0.2) is 4.79 Å². The number of para-hydroxylation sites is 1. The van der Waals surface area contributed by atoms with Crippen LogP contribution < -0.4 is 5.69 Å². The molecule has 1 aromatic heterocycles. The van der Waals surface area contributed by atoms with Gasteiger partial charge in [-0.3, -0.25) is 4.57 Å². The predicted molar refractivity (Wildman–Crippen MR) is 74.6 cm³/mol. The fraction of sp³-hybridized carbons (Fsp3) is 0.500. The highest BCUT2D eigenvalue weighted by Crippen LogP contribution is 2.27. The van der Waals surface area contributed by atoms with E-state index < -0.39 is 0 Å². The quantitative estimate of drug-likeness (QED) is 0.865. The SMILES string of the molecule is CCN1CCC(n2c(=O)[nH]c3c(O)cccc32)CC1. The number of nitrogens with one attached hydrogen (secondary N) is 1. The molecule has 0 unspecified atom stereocenters. The zero-order valence-electron chi connectivity index (χ0n) is 11.1. The Morgan fingerprint density at radius 3 is 2.79 bits per heavy atom. The van der Waals surface area contributed by atoms with Gasteiger partial charge in [0.2, 0.25) is 0 Å². The summed E-state index contributed by atoms with van der Waals surface area (Å²) < 4.78 is 1.81. The Morgan fingerprint density at radius 1 is 1.37 bits per heavy atom. The molecule has 1 aliphatic heterocycles. The van der Waals surface area contributed by atoms with Crippen LogP contribution in [-0.2, 0) is 0 Å². The number of piperidine rings is 1. The maximum Gasteiger partial charge on any atom is 0.326 e. The second-order valence-electron chi connectivity index (χ2n) is 5.14. The number of benzene rings is 1. The number of imidazole rings is 1. The molecule has 1 aliphatic rings. The van der Waals surface area contributed by atoms with Crippen LogP contribution in [0.2, 0.25) is 0 Å². The van der Waals surface area contributed by atoms with E-state index in [9.17, 15) is 9.90 Å². The molecule has 102 valence electrons. The summed E-state index contributed by atoms with van der Waals surface area (Å²) in [6.07, 6.45) is 1.96. The molecule has 3 rings (SSSR count). The van der Waals surface area contributed by atoms with Gasteiger partial charge < -0.3 is 15.0 Å². The number of likely N-dealkylation sites (tertiary alicyclic amines) is 1. The zero-order chi connectivity index (χ0) is 13.4. The minimum absolute atomic E-state index is 0.119. The Balaban J connectivity index is 1.99. The van der Waals surface area contributed by atoms with E-state index in [-0.39, 0.29) is 17.5 Å². The summed E-state index contributed by atoms with van der Waals surface area (Å²) in [7, 11) is 0. The zero-order valence-corrected chi connectivity index (χ0v) is 11.1. The number of aromatic amines is 1. The molecule has 0 spiro atoms. The minimum Gasteiger partial charge on any atom is -0.506 e. The van der Waals surface area contributed by atoms with E-state index in [0.29, 0.717) is 5.52 Å². The standard InChI is InChI=1S/C14H19N3O2/c1-2-16-8-6-10(7-9-16)17-11-4-3-5-12(18)13(11)15-14(17)19/h3-5,10,18H,2,6-9H2,1H3,(H,15,19). The number of phenolic OH excluding ortho intramolecular Hbond substituents is 1. The third-order valence-electron chi connectivity index (χ3n) is 4.10. The van der Waals surface area contributed by atoms with Gasteiger partial charge in [0.25, 0.3) is 0 Å². The van der Waals surface area contributed by atoms with Crippen LogP contribution in [0, 0.1) is 0 Å².